The van der Waals surface area contributed by atoms with Gasteiger partial charge in [0.2, 0.25) is 5.91 Å². The van der Waals surface area contributed by atoms with E-state index >= 15 is 0 Å². The van der Waals surface area contributed by atoms with Gasteiger partial charge in [0.25, 0.3) is 5.91 Å². The zero-order chi connectivity index (χ0) is 24.6. The molecule has 2 amide bonds. The van der Waals surface area contributed by atoms with Crippen LogP contribution in [0.2, 0.25) is 0 Å². The molecular weight excluding hydrogens is 447 g/mol. The standard InChI is InChI=1S/C28H25FN2O4/c1-34-25-8-3-6-22(17-25)28(33)31(19-21-5-2-7-23(29)15-21)24-12-10-20(11-13-24)16-27(32)30-18-26-9-4-14-35-26/h2-15,17H,16,18-19H2,1H3,(H,30,32). The van der Waals surface area contributed by atoms with Gasteiger partial charge < -0.3 is 19.4 Å². The molecule has 0 saturated carbocycles. The minimum atomic E-state index is -0.368. The lowest BCUT2D eigenvalue weighted by Crippen LogP contribution is -2.30. The largest absolute Gasteiger partial charge is 0.497 e. The average molecular weight is 473 g/mol. The Kier molecular flexibility index (Phi) is 7.57. The Bertz CT molecular complexity index is 1290. The predicted molar refractivity (Wildman–Crippen MR) is 131 cm³/mol. The fraction of sp³-hybridized carbons (Fsp3) is 0.143. The van der Waals surface area contributed by atoms with E-state index in [0.717, 1.165) is 5.56 Å². The first-order valence-electron chi connectivity index (χ1n) is 11.1. The third-order valence-electron chi connectivity index (χ3n) is 5.44. The Morgan fingerprint density at radius 3 is 2.46 bits per heavy atom. The Labute approximate surface area is 202 Å². The number of carbonyl (C=O) groups excluding carboxylic acids is 2. The van der Waals surface area contributed by atoms with Crippen molar-refractivity contribution in [3.05, 3.63) is 119 Å². The van der Waals surface area contributed by atoms with Crippen LogP contribution in [0.3, 0.4) is 0 Å². The molecule has 178 valence electrons. The molecule has 35 heavy (non-hydrogen) atoms. The molecule has 0 bridgehead atoms. The summed E-state index contributed by atoms with van der Waals surface area (Å²) < 4.78 is 24.3. The van der Waals surface area contributed by atoms with Gasteiger partial charge in [-0.1, -0.05) is 30.3 Å². The second-order valence-corrected chi connectivity index (χ2v) is 7.95. The van der Waals surface area contributed by atoms with E-state index in [1.165, 1.54) is 19.2 Å². The third kappa shape index (κ3) is 6.35. The topological polar surface area (TPSA) is 71.8 Å². The molecule has 0 aliphatic carbocycles. The number of nitrogens with one attached hydrogen (secondary N) is 1. The number of carbonyl (C=O) groups is 2. The lowest BCUT2D eigenvalue weighted by atomic mass is 10.1. The number of furan rings is 1. The van der Waals surface area contributed by atoms with Gasteiger partial charge in [-0.2, -0.15) is 0 Å². The van der Waals surface area contributed by atoms with E-state index in [2.05, 4.69) is 5.32 Å². The van der Waals surface area contributed by atoms with Crippen LogP contribution >= 0.6 is 0 Å². The Balaban J connectivity index is 1.53. The molecule has 0 saturated heterocycles. The molecule has 3 aromatic carbocycles. The van der Waals surface area contributed by atoms with E-state index in [4.69, 9.17) is 9.15 Å². The van der Waals surface area contributed by atoms with Crippen LogP contribution in [0.5, 0.6) is 5.75 Å². The van der Waals surface area contributed by atoms with Gasteiger partial charge in [0.15, 0.2) is 0 Å². The van der Waals surface area contributed by atoms with Crippen molar-refractivity contribution in [1.29, 1.82) is 0 Å². The van der Waals surface area contributed by atoms with Gasteiger partial charge in [-0.25, -0.2) is 4.39 Å². The molecule has 7 heteroatoms. The van der Waals surface area contributed by atoms with Gasteiger partial charge in [0.05, 0.1) is 32.9 Å². The Morgan fingerprint density at radius 1 is 0.943 bits per heavy atom. The molecule has 1 aromatic heterocycles. The minimum absolute atomic E-state index is 0.141. The van der Waals surface area contributed by atoms with E-state index in [1.807, 2.05) is 0 Å². The number of halogens is 1. The summed E-state index contributed by atoms with van der Waals surface area (Å²) in [7, 11) is 1.54. The monoisotopic (exact) mass is 472 g/mol. The molecule has 0 fully saturated rings. The number of rotatable bonds is 9. The maximum Gasteiger partial charge on any atom is 0.258 e. The zero-order valence-corrected chi connectivity index (χ0v) is 19.2. The Morgan fingerprint density at radius 2 is 1.74 bits per heavy atom. The number of anilines is 1. The van der Waals surface area contributed by atoms with E-state index in [0.29, 0.717) is 34.9 Å². The molecule has 0 aliphatic rings. The van der Waals surface area contributed by atoms with Crippen molar-refractivity contribution in [1.82, 2.24) is 5.32 Å². The quantitative estimate of drug-likeness (QED) is 0.367. The van der Waals surface area contributed by atoms with E-state index in [1.54, 1.807) is 84.0 Å². The molecule has 0 aliphatic heterocycles. The highest BCUT2D eigenvalue weighted by Gasteiger charge is 2.19. The van der Waals surface area contributed by atoms with Crippen LogP contribution in [0.4, 0.5) is 10.1 Å². The first-order valence-corrected chi connectivity index (χ1v) is 11.1. The minimum Gasteiger partial charge on any atom is -0.497 e. The fourth-order valence-corrected chi connectivity index (χ4v) is 3.65. The number of ether oxygens (including phenoxy) is 1. The summed E-state index contributed by atoms with van der Waals surface area (Å²) in [6, 6.07) is 23.8. The average Bonchev–Trinajstić information content (AvgIpc) is 3.40. The van der Waals surface area contributed by atoms with Crippen molar-refractivity contribution in [2.24, 2.45) is 0 Å². The van der Waals surface area contributed by atoms with Crippen LogP contribution in [0.15, 0.2) is 95.6 Å². The van der Waals surface area contributed by atoms with Gasteiger partial charge in [0.1, 0.15) is 17.3 Å². The van der Waals surface area contributed by atoms with Crippen molar-refractivity contribution in [3.63, 3.8) is 0 Å². The number of benzene rings is 3. The van der Waals surface area contributed by atoms with Crippen LogP contribution in [0.1, 0.15) is 27.2 Å². The lowest BCUT2D eigenvalue weighted by molar-refractivity contribution is -0.120. The van der Waals surface area contributed by atoms with Gasteiger partial charge >= 0.3 is 0 Å². The fourth-order valence-electron chi connectivity index (χ4n) is 3.65. The van der Waals surface area contributed by atoms with Crippen LogP contribution < -0.4 is 15.0 Å². The maximum absolute atomic E-state index is 13.8. The van der Waals surface area contributed by atoms with Crippen LogP contribution in [-0.4, -0.2) is 18.9 Å². The molecule has 6 nitrogen and oxygen atoms in total. The smallest absolute Gasteiger partial charge is 0.258 e. The maximum atomic E-state index is 13.8. The van der Waals surface area contributed by atoms with Crippen molar-refractivity contribution in [2.75, 3.05) is 12.0 Å². The lowest BCUT2D eigenvalue weighted by Gasteiger charge is -2.24. The molecule has 4 aromatic rings. The van der Waals surface area contributed by atoms with Crippen molar-refractivity contribution in [2.45, 2.75) is 19.5 Å². The number of methoxy groups -OCH3 is 1. The first-order chi connectivity index (χ1) is 17.0. The highest BCUT2D eigenvalue weighted by molar-refractivity contribution is 6.06. The summed E-state index contributed by atoms with van der Waals surface area (Å²) >= 11 is 0. The molecule has 0 spiro atoms. The summed E-state index contributed by atoms with van der Waals surface area (Å²) in [5.74, 6) is 0.484. The highest BCUT2D eigenvalue weighted by atomic mass is 19.1. The molecular formula is C28H25FN2O4. The van der Waals surface area contributed by atoms with E-state index in [-0.39, 0.29) is 30.6 Å². The molecule has 1 N–H and O–H groups in total. The number of hydrogen-bond acceptors (Lipinski definition) is 4. The van der Waals surface area contributed by atoms with Crippen molar-refractivity contribution < 1.29 is 23.1 Å². The molecule has 0 radical (unpaired) electrons. The van der Waals surface area contributed by atoms with E-state index < -0.39 is 0 Å². The second-order valence-electron chi connectivity index (χ2n) is 7.95. The zero-order valence-electron chi connectivity index (χ0n) is 19.2. The van der Waals surface area contributed by atoms with Crippen LogP contribution in [-0.2, 0) is 24.3 Å². The SMILES string of the molecule is COc1cccc(C(=O)N(Cc2cccc(F)c2)c2ccc(CC(=O)NCc3ccco3)cc2)c1. The van der Waals surface area contributed by atoms with Gasteiger partial charge in [-0.05, 0) is 65.7 Å². The Hall–Kier alpha value is -4.39. The summed E-state index contributed by atoms with van der Waals surface area (Å²) in [5.41, 5.74) is 2.52. The predicted octanol–water partition coefficient (Wildman–Crippen LogP) is 5.13. The summed E-state index contributed by atoms with van der Waals surface area (Å²) in [6.07, 6.45) is 1.75. The van der Waals surface area contributed by atoms with Crippen LogP contribution in [0, 0.1) is 5.82 Å². The molecule has 1 heterocycles. The van der Waals surface area contributed by atoms with Gasteiger partial charge in [-0.15, -0.1) is 0 Å². The highest BCUT2D eigenvalue weighted by Crippen LogP contribution is 2.23. The molecule has 4 rings (SSSR count). The summed E-state index contributed by atoms with van der Waals surface area (Å²) in [4.78, 5) is 27.3. The van der Waals surface area contributed by atoms with Crippen molar-refractivity contribution >= 4 is 17.5 Å². The molecule has 0 unspecified atom stereocenters. The summed E-state index contributed by atoms with van der Waals surface area (Å²) in [6.45, 7) is 0.497. The second kappa shape index (κ2) is 11.2. The van der Waals surface area contributed by atoms with Crippen LogP contribution in [0.25, 0.3) is 0 Å². The first kappa shape index (κ1) is 23.8. The van der Waals surface area contributed by atoms with Crippen molar-refractivity contribution in [3.8, 4) is 5.75 Å². The van der Waals surface area contributed by atoms with Gasteiger partial charge in [-0.3, -0.25) is 9.59 Å². The normalized spacial score (nSPS) is 10.6. The number of nitrogens with zero attached hydrogens (tertiary/aromatic N) is 1. The number of amides is 2. The van der Waals surface area contributed by atoms with E-state index in [9.17, 15) is 14.0 Å². The number of hydrogen-bond donors (Lipinski definition) is 1. The third-order valence-corrected chi connectivity index (χ3v) is 5.44. The molecule has 0 atom stereocenters. The van der Waals surface area contributed by atoms with Gasteiger partial charge in [0, 0.05) is 11.3 Å². The summed E-state index contributed by atoms with van der Waals surface area (Å²) in [5, 5.41) is 2.81.